The van der Waals surface area contributed by atoms with Crippen LogP contribution in [0.1, 0.15) is 23.6 Å². The summed E-state index contributed by atoms with van der Waals surface area (Å²) < 4.78 is 24.6. The van der Waals surface area contributed by atoms with Crippen molar-refractivity contribution in [2.45, 2.75) is 17.6 Å². The number of hydrogen-bond acceptors (Lipinski definition) is 4. The van der Waals surface area contributed by atoms with Gasteiger partial charge in [0.05, 0.1) is 5.56 Å². The zero-order valence-electron chi connectivity index (χ0n) is 8.83. The third-order valence-corrected chi connectivity index (χ3v) is 4.96. The van der Waals surface area contributed by atoms with Gasteiger partial charge in [0.25, 0.3) is 15.9 Å². The molecule has 0 aromatic carbocycles. The van der Waals surface area contributed by atoms with Crippen LogP contribution in [0.3, 0.4) is 0 Å². The fourth-order valence-corrected chi connectivity index (χ4v) is 3.77. The summed E-state index contributed by atoms with van der Waals surface area (Å²) >= 11 is 1.16. The summed E-state index contributed by atoms with van der Waals surface area (Å²) in [5, 5.41) is 0. The molecule has 72 valence electrons. The number of hydrogen-bond donors (Lipinski definition) is 1. The predicted molar refractivity (Wildman–Crippen MR) is 49.5 cm³/mol. The molecule has 1 amide bonds. The van der Waals surface area contributed by atoms with Gasteiger partial charge in [-0.25, -0.2) is 13.1 Å². The Hall–Kier alpha value is 0.120. The van der Waals surface area contributed by atoms with Gasteiger partial charge in [0, 0.05) is 4.88 Å². The van der Waals surface area contributed by atoms with Crippen molar-refractivity contribution in [3.05, 3.63) is 16.5 Å². The van der Waals surface area contributed by atoms with E-state index in [1.54, 1.807) is 6.07 Å². The average molecular weight is 241 g/mol. The average Bonchev–Trinajstić information content (AvgIpc) is 2.53. The molecule has 0 fully saturated rings. The Balaban J connectivity index is 0.000000980. The van der Waals surface area contributed by atoms with Crippen molar-refractivity contribution < 1.29 is 44.2 Å². The van der Waals surface area contributed by atoms with Crippen LogP contribution in [0, 0.1) is 0 Å². The molecule has 7 heteroatoms. The van der Waals surface area contributed by atoms with E-state index in [-0.39, 0.29) is 35.2 Å². The van der Waals surface area contributed by atoms with Gasteiger partial charge in [-0.05, 0) is 12.5 Å². The Morgan fingerprint density at radius 2 is 2.21 bits per heavy atom. The second kappa shape index (κ2) is 3.94. The maximum absolute atomic E-state index is 11.3. The van der Waals surface area contributed by atoms with E-state index in [1.807, 2.05) is 11.6 Å². The summed E-state index contributed by atoms with van der Waals surface area (Å²) in [6.45, 7) is 1.92. The molecule has 2 rings (SSSR count). The number of carbonyl (C=O) groups excluding carboxylic acids is 1. The number of thiophene rings is 1. The van der Waals surface area contributed by atoms with Crippen LogP contribution in [0.5, 0.6) is 0 Å². The van der Waals surface area contributed by atoms with Gasteiger partial charge in [0.1, 0.15) is 0 Å². The minimum atomic E-state index is -3.53. The number of nitrogens with one attached hydrogen (secondary N) is 1. The molecule has 4 nitrogen and oxygen atoms in total. The fourth-order valence-electron chi connectivity index (χ4n) is 1.18. The molecule has 2 heterocycles. The van der Waals surface area contributed by atoms with Crippen molar-refractivity contribution in [2.75, 3.05) is 0 Å². The fraction of sp³-hybridized carbons (Fsp3) is 0.286. The van der Waals surface area contributed by atoms with E-state index in [4.69, 9.17) is 0 Å². The van der Waals surface area contributed by atoms with Crippen LogP contribution in [0.4, 0.5) is 0 Å². The first kappa shape index (κ1) is 12.2. The van der Waals surface area contributed by atoms with Gasteiger partial charge in [-0.15, -0.1) is 11.3 Å². The maximum Gasteiger partial charge on any atom is 1.00 e. The number of sulfonamides is 1. The third kappa shape index (κ3) is 1.77. The molecule has 0 radical (unpaired) electrons. The molecule has 0 saturated carbocycles. The summed E-state index contributed by atoms with van der Waals surface area (Å²) in [6.07, 6.45) is 0.750. The van der Waals surface area contributed by atoms with E-state index in [2.05, 4.69) is 0 Å². The normalized spacial score (nSPS) is 17.1. The van der Waals surface area contributed by atoms with Crippen LogP contribution in [0.15, 0.2) is 10.3 Å². The molecule has 0 spiro atoms. The van der Waals surface area contributed by atoms with E-state index in [9.17, 15) is 13.2 Å². The standard InChI is InChI=1S/C7H7NO3S2.Na.H/c1-2-4-3-5-6(9)8-13(10,11)7(5)12-4;;/h3H,2H2,1H3,(H,8,9);;/q;+1;-1. The Labute approximate surface area is 110 Å². The number of amides is 1. The molecule has 1 aliphatic heterocycles. The predicted octanol–water partition coefficient (Wildman–Crippen LogP) is -2.14. The number of fused-ring (bicyclic) bond motifs is 1. The van der Waals surface area contributed by atoms with Crippen molar-refractivity contribution in [3.63, 3.8) is 0 Å². The Bertz CT molecular complexity index is 482. The van der Waals surface area contributed by atoms with Crippen molar-refractivity contribution in [3.8, 4) is 0 Å². The topological polar surface area (TPSA) is 63.2 Å². The first-order chi connectivity index (χ1) is 6.04. The minimum Gasteiger partial charge on any atom is -1.00 e. The molecule has 1 N–H and O–H groups in total. The van der Waals surface area contributed by atoms with E-state index in [0.717, 1.165) is 22.6 Å². The van der Waals surface area contributed by atoms with Crippen LogP contribution in [-0.2, 0) is 16.4 Å². The zero-order chi connectivity index (χ0) is 9.64. The molecule has 14 heavy (non-hydrogen) atoms. The first-order valence-corrected chi connectivity index (χ1v) is 6.04. The Kier molecular flexibility index (Phi) is 3.43. The van der Waals surface area contributed by atoms with E-state index < -0.39 is 15.9 Å². The second-order valence-corrected chi connectivity index (χ2v) is 5.72. The number of rotatable bonds is 1. The smallest absolute Gasteiger partial charge is 1.00 e. The van der Waals surface area contributed by atoms with Gasteiger partial charge in [-0.3, -0.25) is 4.79 Å². The summed E-state index contributed by atoms with van der Waals surface area (Å²) in [4.78, 5) is 12.0. The second-order valence-electron chi connectivity index (χ2n) is 2.70. The van der Waals surface area contributed by atoms with Gasteiger partial charge < -0.3 is 1.43 Å². The summed E-state index contributed by atoms with van der Waals surface area (Å²) in [7, 11) is -3.53. The van der Waals surface area contributed by atoms with Gasteiger partial charge in [0.15, 0.2) is 4.21 Å². The molecule has 1 aromatic rings. The van der Waals surface area contributed by atoms with Gasteiger partial charge >= 0.3 is 29.6 Å². The Morgan fingerprint density at radius 1 is 1.57 bits per heavy atom. The Morgan fingerprint density at radius 3 is 2.71 bits per heavy atom. The van der Waals surface area contributed by atoms with Crippen molar-refractivity contribution in [1.82, 2.24) is 4.72 Å². The summed E-state index contributed by atoms with van der Waals surface area (Å²) in [5.41, 5.74) is 0.293. The molecular formula is C7H8NNaO3S2. The van der Waals surface area contributed by atoms with E-state index >= 15 is 0 Å². The number of aryl methyl sites for hydroxylation is 1. The van der Waals surface area contributed by atoms with E-state index in [0.29, 0.717) is 5.56 Å². The SMILES string of the molecule is CCc1cc2c(s1)S(=O)(=O)NC2=O.[H-].[Na+]. The molecule has 1 aliphatic rings. The molecule has 0 bridgehead atoms. The largest absolute Gasteiger partial charge is 1.00 e. The van der Waals surface area contributed by atoms with Crippen LogP contribution >= 0.6 is 11.3 Å². The summed E-state index contributed by atoms with van der Waals surface area (Å²) in [6, 6.07) is 1.64. The third-order valence-electron chi connectivity index (χ3n) is 1.81. The van der Waals surface area contributed by atoms with Gasteiger partial charge in [0.2, 0.25) is 0 Å². The van der Waals surface area contributed by atoms with E-state index in [1.165, 1.54) is 0 Å². The molecule has 0 unspecified atom stereocenters. The first-order valence-electron chi connectivity index (χ1n) is 3.74. The van der Waals surface area contributed by atoms with Crippen LogP contribution in [-0.4, -0.2) is 14.3 Å². The molecule has 0 saturated heterocycles. The van der Waals surface area contributed by atoms with Crippen molar-refractivity contribution in [1.29, 1.82) is 0 Å². The van der Waals surface area contributed by atoms with Crippen molar-refractivity contribution >= 4 is 27.3 Å². The summed E-state index contributed by atoms with van der Waals surface area (Å²) in [5.74, 6) is -0.508. The van der Waals surface area contributed by atoms with Gasteiger partial charge in [-0.1, -0.05) is 6.92 Å². The van der Waals surface area contributed by atoms with Crippen LogP contribution in [0.2, 0.25) is 0 Å². The zero-order valence-corrected chi connectivity index (χ0v) is 11.5. The maximum atomic E-state index is 11.3. The number of carbonyl (C=O) groups is 1. The molecule has 0 aliphatic carbocycles. The molecule has 0 atom stereocenters. The van der Waals surface area contributed by atoms with Crippen molar-refractivity contribution in [2.24, 2.45) is 0 Å². The molecule has 1 aromatic heterocycles. The van der Waals surface area contributed by atoms with Crippen LogP contribution in [0.25, 0.3) is 0 Å². The quantitative estimate of drug-likeness (QED) is 0.571. The monoisotopic (exact) mass is 241 g/mol. The van der Waals surface area contributed by atoms with Gasteiger partial charge in [-0.2, -0.15) is 0 Å². The van der Waals surface area contributed by atoms with Crippen LogP contribution < -0.4 is 34.3 Å². The molecular weight excluding hydrogens is 233 g/mol. The minimum absolute atomic E-state index is 0.